The molecule has 0 saturated heterocycles. The van der Waals surface area contributed by atoms with Crippen molar-refractivity contribution in [3.63, 3.8) is 0 Å². The highest BCUT2D eigenvalue weighted by molar-refractivity contribution is 7.99. The molecule has 0 amide bonds. The molecular weight excluding hydrogens is 280 g/mol. The summed E-state index contributed by atoms with van der Waals surface area (Å²) in [4.78, 5) is 0.981. The van der Waals surface area contributed by atoms with Crippen molar-refractivity contribution in [2.75, 3.05) is 5.75 Å². The third-order valence-electron chi connectivity index (χ3n) is 3.09. The Hall–Kier alpha value is -1.94. The second kappa shape index (κ2) is 7.18. The van der Waals surface area contributed by atoms with Crippen molar-refractivity contribution in [2.45, 2.75) is 25.2 Å². The van der Waals surface area contributed by atoms with E-state index in [1.54, 1.807) is 11.8 Å². The van der Waals surface area contributed by atoms with Gasteiger partial charge in [0.1, 0.15) is 17.3 Å². The fourth-order valence-corrected chi connectivity index (χ4v) is 2.93. The van der Waals surface area contributed by atoms with E-state index in [0.717, 1.165) is 22.8 Å². The number of nitrogens with one attached hydrogen (secondary N) is 1. The molecule has 21 heavy (non-hydrogen) atoms. The van der Waals surface area contributed by atoms with E-state index >= 15 is 0 Å². The standard InChI is InChI=1S/C17H20N2OS/c1-3-12-7-5-8-13(11-12)20-14-9-6-10-15(21-4-2)16(14)17(18)19/h5-11H,3-4H2,1-2H3,(H3,18,19). The maximum absolute atomic E-state index is 7.82. The van der Waals surface area contributed by atoms with Crippen LogP contribution in [-0.2, 0) is 6.42 Å². The molecule has 0 aliphatic carbocycles. The molecule has 3 nitrogen and oxygen atoms in total. The number of amidine groups is 1. The Morgan fingerprint density at radius 1 is 1.19 bits per heavy atom. The van der Waals surface area contributed by atoms with Crippen LogP contribution in [0.4, 0.5) is 0 Å². The molecule has 110 valence electrons. The molecule has 2 aromatic rings. The Labute approximate surface area is 130 Å². The summed E-state index contributed by atoms with van der Waals surface area (Å²) in [5.41, 5.74) is 7.64. The summed E-state index contributed by atoms with van der Waals surface area (Å²) >= 11 is 1.66. The van der Waals surface area contributed by atoms with E-state index in [1.165, 1.54) is 5.56 Å². The van der Waals surface area contributed by atoms with Crippen LogP contribution in [0.15, 0.2) is 47.4 Å². The monoisotopic (exact) mass is 300 g/mol. The van der Waals surface area contributed by atoms with E-state index < -0.39 is 0 Å². The summed E-state index contributed by atoms with van der Waals surface area (Å²) in [6, 6.07) is 13.7. The SMILES string of the molecule is CCSc1cccc(Oc2cccc(CC)c2)c1C(=N)N. The van der Waals surface area contributed by atoms with E-state index in [2.05, 4.69) is 19.9 Å². The molecule has 2 aromatic carbocycles. The zero-order valence-electron chi connectivity index (χ0n) is 12.3. The molecule has 0 aromatic heterocycles. The maximum Gasteiger partial charge on any atom is 0.139 e. The second-order valence-corrected chi connectivity index (χ2v) is 5.88. The van der Waals surface area contributed by atoms with Gasteiger partial charge in [0.05, 0.1) is 5.56 Å². The van der Waals surface area contributed by atoms with E-state index in [4.69, 9.17) is 15.9 Å². The highest BCUT2D eigenvalue weighted by Crippen LogP contribution is 2.32. The van der Waals surface area contributed by atoms with Crippen molar-refractivity contribution in [3.8, 4) is 11.5 Å². The van der Waals surface area contributed by atoms with Crippen molar-refractivity contribution in [1.29, 1.82) is 5.41 Å². The Kier molecular flexibility index (Phi) is 5.28. The third kappa shape index (κ3) is 3.79. The largest absolute Gasteiger partial charge is 0.457 e. The number of hydrogen-bond donors (Lipinski definition) is 2. The van der Waals surface area contributed by atoms with Crippen molar-refractivity contribution >= 4 is 17.6 Å². The number of rotatable bonds is 6. The minimum absolute atomic E-state index is 0.0354. The lowest BCUT2D eigenvalue weighted by Crippen LogP contribution is -2.13. The maximum atomic E-state index is 7.82. The fraction of sp³-hybridized carbons (Fsp3) is 0.235. The van der Waals surface area contributed by atoms with Gasteiger partial charge >= 0.3 is 0 Å². The lowest BCUT2D eigenvalue weighted by molar-refractivity contribution is 0.479. The minimum atomic E-state index is 0.0354. The van der Waals surface area contributed by atoms with Crippen LogP contribution in [0, 0.1) is 5.41 Å². The molecule has 0 saturated carbocycles. The van der Waals surface area contributed by atoms with Crippen LogP contribution in [0.5, 0.6) is 11.5 Å². The van der Waals surface area contributed by atoms with Crippen LogP contribution in [0.1, 0.15) is 25.0 Å². The van der Waals surface area contributed by atoms with E-state index in [0.29, 0.717) is 11.3 Å². The second-order valence-electron chi connectivity index (χ2n) is 4.58. The van der Waals surface area contributed by atoms with Gasteiger partial charge in [-0.3, -0.25) is 5.41 Å². The van der Waals surface area contributed by atoms with Crippen LogP contribution in [0.2, 0.25) is 0 Å². The number of ether oxygens (including phenoxy) is 1. The molecular formula is C17H20N2OS. The van der Waals surface area contributed by atoms with E-state index in [1.807, 2.05) is 36.4 Å². The van der Waals surface area contributed by atoms with Crippen molar-refractivity contribution in [3.05, 3.63) is 53.6 Å². The number of nitrogen functional groups attached to an aromatic ring is 1. The lowest BCUT2D eigenvalue weighted by atomic mass is 10.1. The van der Waals surface area contributed by atoms with Crippen LogP contribution >= 0.6 is 11.8 Å². The molecule has 0 spiro atoms. The van der Waals surface area contributed by atoms with Gasteiger partial charge in [0.25, 0.3) is 0 Å². The molecule has 0 fully saturated rings. The van der Waals surface area contributed by atoms with Gasteiger partial charge in [-0.1, -0.05) is 32.0 Å². The van der Waals surface area contributed by atoms with Gasteiger partial charge in [0.2, 0.25) is 0 Å². The molecule has 0 radical (unpaired) electrons. The van der Waals surface area contributed by atoms with Crippen LogP contribution in [0.25, 0.3) is 0 Å². The Morgan fingerprint density at radius 3 is 2.62 bits per heavy atom. The van der Waals surface area contributed by atoms with Gasteiger partial charge in [-0.15, -0.1) is 11.8 Å². The summed E-state index contributed by atoms with van der Waals surface area (Å²) in [5.74, 6) is 2.37. The number of nitrogens with two attached hydrogens (primary N) is 1. The van der Waals surface area contributed by atoms with Gasteiger partial charge in [0, 0.05) is 4.90 Å². The molecule has 0 heterocycles. The average Bonchev–Trinajstić information content (AvgIpc) is 2.47. The summed E-state index contributed by atoms with van der Waals surface area (Å²) in [6.45, 7) is 4.19. The molecule has 4 heteroatoms. The summed E-state index contributed by atoms with van der Waals surface area (Å²) < 4.78 is 5.97. The molecule has 0 aliphatic rings. The topological polar surface area (TPSA) is 59.1 Å². The Bertz CT molecular complexity index is 640. The first-order valence-corrected chi connectivity index (χ1v) is 8.01. The number of benzene rings is 2. The molecule has 3 N–H and O–H groups in total. The number of aryl methyl sites for hydroxylation is 1. The van der Waals surface area contributed by atoms with Crippen molar-refractivity contribution < 1.29 is 4.74 Å². The van der Waals surface area contributed by atoms with Gasteiger partial charge < -0.3 is 10.5 Å². The molecule has 0 unspecified atom stereocenters. The summed E-state index contributed by atoms with van der Waals surface area (Å²) in [5, 5.41) is 7.82. The smallest absolute Gasteiger partial charge is 0.139 e. The Balaban J connectivity index is 2.38. The van der Waals surface area contributed by atoms with Gasteiger partial charge in [-0.05, 0) is 42.0 Å². The van der Waals surface area contributed by atoms with Crippen molar-refractivity contribution in [2.24, 2.45) is 5.73 Å². The van der Waals surface area contributed by atoms with Crippen LogP contribution < -0.4 is 10.5 Å². The fourth-order valence-electron chi connectivity index (χ4n) is 2.09. The van der Waals surface area contributed by atoms with Gasteiger partial charge in [-0.25, -0.2) is 0 Å². The first-order valence-electron chi connectivity index (χ1n) is 7.02. The van der Waals surface area contributed by atoms with Gasteiger partial charge in [-0.2, -0.15) is 0 Å². The van der Waals surface area contributed by atoms with E-state index in [9.17, 15) is 0 Å². The molecule has 2 rings (SSSR count). The molecule has 0 aliphatic heterocycles. The first-order chi connectivity index (χ1) is 10.2. The Morgan fingerprint density at radius 2 is 1.95 bits per heavy atom. The van der Waals surface area contributed by atoms with Crippen molar-refractivity contribution in [1.82, 2.24) is 0 Å². The molecule has 0 atom stereocenters. The highest BCUT2D eigenvalue weighted by Gasteiger charge is 2.13. The zero-order chi connectivity index (χ0) is 15.2. The normalized spacial score (nSPS) is 10.4. The van der Waals surface area contributed by atoms with E-state index in [-0.39, 0.29) is 5.84 Å². The minimum Gasteiger partial charge on any atom is -0.457 e. The zero-order valence-corrected chi connectivity index (χ0v) is 13.2. The molecule has 0 bridgehead atoms. The van der Waals surface area contributed by atoms with Crippen LogP contribution in [-0.4, -0.2) is 11.6 Å². The number of hydrogen-bond acceptors (Lipinski definition) is 3. The van der Waals surface area contributed by atoms with Gasteiger partial charge in [0.15, 0.2) is 0 Å². The first kappa shape index (κ1) is 15.4. The summed E-state index contributed by atoms with van der Waals surface area (Å²) in [6.07, 6.45) is 0.961. The summed E-state index contributed by atoms with van der Waals surface area (Å²) in [7, 11) is 0. The lowest BCUT2D eigenvalue weighted by Gasteiger charge is -2.14. The number of thioether (sulfide) groups is 1. The average molecular weight is 300 g/mol. The highest BCUT2D eigenvalue weighted by atomic mass is 32.2. The third-order valence-corrected chi connectivity index (χ3v) is 4.03. The quantitative estimate of drug-likeness (QED) is 0.471. The predicted octanol–water partition coefficient (Wildman–Crippen LogP) is 4.44. The predicted molar refractivity (Wildman–Crippen MR) is 89.8 cm³/mol. The van der Waals surface area contributed by atoms with Crippen LogP contribution in [0.3, 0.4) is 0 Å².